The average molecular weight is 336 g/mol. The molecule has 0 spiro atoms. The van der Waals surface area contributed by atoms with E-state index in [4.69, 9.17) is 9.47 Å². The van der Waals surface area contributed by atoms with Crippen LogP contribution in [0.5, 0.6) is 11.5 Å². The number of Topliss-reactive ketones (excluding diaryl/α,β-unsaturated/α-hetero) is 1. The van der Waals surface area contributed by atoms with Crippen molar-refractivity contribution in [1.82, 2.24) is 0 Å². The monoisotopic (exact) mass is 336 g/mol. The van der Waals surface area contributed by atoms with Crippen LogP contribution in [0.3, 0.4) is 0 Å². The van der Waals surface area contributed by atoms with E-state index >= 15 is 0 Å². The van der Waals surface area contributed by atoms with E-state index in [0.29, 0.717) is 25.0 Å². The van der Waals surface area contributed by atoms with Gasteiger partial charge in [-0.3, -0.25) is 4.79 Å². The Morgan fingerprint density at radius 3 is 2.58 bits per heavy atom. The van der Waals surface area contributed by atoms with Gasteiger partial charge >= 0.3 is 0 Å². The van der Waals surface area contributed by atoms with Crippen molar-refractivity contribution in [3.63, 3.8) is 0 Å². The number of carbonyl (C=O) groups excluding carboxylic acids is 1. The summed E-state index contributed by atoms with van der Waals surface area (Å²) in [4.78, 5) is 12.2. The van der Waals surface area contributed by atoms with Crippen LogP contribution in [-0.2, 0) is 16.0 Å². The van der Waals surface area contributed by atoms with Crippen molar-refractivity contribution in [3.05, 3.63) is 23.8 Å². The number of benzene rings is 1. The lowest BCUT2D eigenvalue weighted by Gasteiger charge is -2.14. The van der Waals surface area contributed by atoms with Crippen molar-refractivity contribution in [2.45, 2.75) is 70.8 Å². The third-order valence-electron chi connectivity index (χ3n) is 4.35. The number of ether oxygens (including phenoxy) is 2. The molecular weight excluding hydrogens is 304 g/mol. The summed E-state index contributed by atoms with van der Waals surface area (Å²) in [5.41, 5.74) is 0.992. The number of unbranched alkanes of at least 4 members (excludes halogenated alkanes) is 4. The van der Waals surface area contributed by atoms with Crippen molar-refractivity contribution in [1.29, 1.82) is 0 Å². The highest BCUT2D eigenvalue weighted by atomic mass is 16.5. The Balaban J connectivity index is 2.33. The standard InChI is InChI=1S/C20H32O4/c1-4-5-6-7-8-9-18(23-2)15-17(21)12-10-16-11-13-19(22)20(14-16)24-3/h11,13-14,18,22H,4-10,12,15H2,1-3H3. The summed E-state index contributed by atoms with van der Waals surface area (Å²) in [6.45, 7) is 2.21. The summed E-state index contributed by atoms with van der Waals surface area (Å²) in [5, 5.41) is 9.59. The van der Waals surface area contributed by atoms with Crippen molar-refractivity contribution in [3.8, 4) is 11.5 Å². The molecule has 0 heterocycles. The summed E-state index contributed by atoms with van der Waals surface area (Å²) >= 11 is 0. The highest BCUT2D eigenvalue weighted by molar-refractivity contribution is 5.79. The van der Waals surface area contributed by atoms with E-state index in [9.17, 15) is 9.90 Å². The fourth-order valence-electron chi connectivity index (χ4n) is 2.80. The van der Waals surface area contributed by atoms with Crippen LogP contribution in [0.1, 0.15) is 63.9 Å². The normalized spacial score (nSPS) is 12.1. The molecule has 1 unspecified atom stereocenters. The van der Waals surface area contributed by atoms with E-state index in [-0.39, 0.29) is 17.6 Å². The Morgan fingerprint density at radius 2 is 1.92 bits per heavy atom. The maximum atomic E-state index is 12.2. The van der Waals surface area contributed by atoms with Gasteiger partial charge in [-0.1, -0.05) is 45.1 Å². The fourth-order valence-corrected chi connectivity index (χ4v) is 2.80. The Morgan fingerprint density at radius 1 is 1.17 bits per heavy atom. The van der Waals surface area contributed by atoms with E-state index in [1.165, 1.54) is 32.8 Å². The first-order valence-electron chi connectivity index (χ1n) is 9.01. The Kier molecular flexibility index (Phi) is 10.2. The number of methoxy groups -OCH3 is 2. The Hall–Kier alpha value is -1.55. The van der Waals surface area contributed by atoms with Gasteiger partial charge in [0.25, 0.3) is 0 Å². The van der Waals surface area contributed by atoms with Crippen LogP contribution in [0.2, 0.25) is 0 Å². The van der Waals surface area contributed by atoms with Gasteiger partial charge in [0.2, 0.25) is 0 Å². The number of phenols is 1. The molecular formula is C20H32O4. The van der Waals surface area contributed by atoms with Crippen LogP contribution >= 0.6 is 0 Å². The average Bonchev–Trinajstić information content (AvgIpc) is 2.59. The third-order valence-corrected chi connectivity index (χ3v) is 4.35. The SMILES string of the molecule is CCCCCCCC(CC(=O)CCc1ccc(O)c(OC)c1)OC. The van der Waals surface area contributed by atoms with Gasteiger partial charge in [0.05, 0.1) is 13.2 Å². The molecule has 0 saturated carbocycles. The van der Waals surface area contributed by atoms with Crippen LogP contribution in [0, 0.1) is 0 Å². The summed E-state index contributed by atoms with van der Waals surface area (Å²) < 4.78 is 10.5. The number of phenolic OH excluding ortho intramolecular Hbond substituents is 1. The summed E-state index contributed by atoms with van der Waals surface area (Å²) in [7, 11) is 3.21. The molecule has 0 radical (unpaired) electrons. The maximum absolute atomic E-state index is 12.2. The second kappa shape index (κ2) is 11.9. The van der Waals surface area contributed by atoms with Gasteiger partial charge in [0.15, 0.2) is 11.5 Å². The van der Waals surface area contributed by atoms with Gasteiger partial charge < -0.3 is 14.6 Å². The lowest BCUT2D eigenvalue weighted by atomic mass is 10.0. The minimum Gasteiger partial charge on any atom is -0.504 e. The fraction of sp³-hybridized carbons (Fsp3) is 0.650. The minimum atomic E-state index is 0.0356. The molecule has 1 aromatic rings. The molecule has 1 atom stereocenters. The van der Waals surface area contributed by atoms with Crippen LogP contribution < -0.4 is 4.74 Å². The lowest BCUT2D eigenvalue weighted by Crippen LogP contribution is -2.16. The molecule has 0 bridgehead atoms. The molecule has 4 nitrogen and oxygen atoms in total. The lowest BCUT2D eigenvalue weighted by molar-refractivity contribution is -0.121. The first-order chi connectivity index (χ1) is 11.6. The van der Waals surface area contributed by atoms with Gasteiger partial charge in [0, 0.05) is 20.0 Å². The number of rotatable bonds is 13. The summed E-state index contributed by atoms with van der Waals surface area (Å²) in [6, 6.07) is 5.21. The molecule has 24 heavy (non-hydrogen) atoms. The number of carbonyl (C=O) groups is 1. The van der Waals surface area contributed by atoms with Gasteiger partial charge in [-0.2, -0.15) is 0 Å². The number of ketones is 1. The highest BCUT2D eigenvalue weighted by Gasteiger charge is 2.13. The zero-order valence-electron chi connectivity index (χ0n) is 15.3. The quantitative estimate of drug-likeness (QED) is 0.532. The van der Waals surface area contributed by atoms with Gasteiger partial charge in [-0.05, 0) is 30.5 Å². The molecule has 4 heteroatoms. The van der Waals surface area contributed by atoms with Gasteiger partial charge in [0.1, 0.15) is 5.78 Å². The Labute approximate surface area is 146 Å². The van der Waals surface area contributed by atoms with Crippen molar-refractivity contribution in [2.24, 2.45) is 0 Å². The van der Waals surface area contributed by atoms with E-state index < -0.39 is 0 Å². The van der Waals surface area contributed by atoms with Crippen LogP contribution in [0.4, 0.5) is 0 Å². The molecule has 1 rings (SSSR count). The highest BCUT2D eigenvalue weighted by Crippen LogP contribution is 2.26. The molecule has 136 valence electrons. The van der Waals surface area contributed by atoms with E-state index in [0.717, 1.165) is 18.4 Å². The van der Waals surface area contributed by atoms with Crippen LogP contribution in [-0.4, -0.2) is 31.2 Å². The molecule has 0 amide bonds. The predicted molar refractivity (Wildman–Crippen MR) is 96.8 cm³/mol. The first-order valence-corrected chi connectivity index (χ1v) is 9.01. The molecule has 0 aliphatic heterocycles. The van der Waals surface area contributed by atoms with Crippen molar-refractivity contribution >= 4 is 5.78 Å². The summed E-state index contributed by atoms with van der Waals surface area (Å²) in [5.74, 6) is 0.791. The molecule has 0 aromatic heterocycles. The number of hydrogen-bond acceptors (Lipinski definition) is 4. The smallest absolute Gasteiger partial charge is 0.160 e. The number of hydrogen-bond donors (Lipinski definition) is 1. The molecule has 1 aromatic carbocycles. The second-order valence-electron chi connectivity index (χ2n) is 6.31. The van der Waals surface area contributed by atoms with E-state index in [2.05, 4.69) is 6.92 Å². The molecule has 0 aliphatic rings. The zero-order chi connectivity index (χ0) is 17.8. The van der Waals surface area contributed by atoms with Crippen LogP contribution in [0.25, 0.3) is 0 Å². The molecule has 1 N–H and O–H groups in total. The van der Waals surface area contributed by atoms with Gasteiger partial charge in [-0.25, -0.2) is 0 Å². The molecule has 0 aliphatic carbocycles. The van der Waals surface area contributed by atoms with E-state index in [1.54, 1.807) is 19.2 Å². The third kappa shape index (κ3) is 7.82. The number of aromatic hydroxyl groups is 1. The first kappa shape index (κ1) is 20.5. The van der Waals surface area contributed by atoms with Gasteiger partial charge in [-0.15, -0.1) is 0 Å². The largest absolute Gasteiger partial charge is 0.504 e. The topological polar surface area (TPSA) is 55.8 Å². The zero-order valence-corrected chi connectivity index (χ0v) is 15.3. The van der Waals surface area contributed by atoms with Crippen molar-refractivity contribution in [2.75, 3.05) is 14.2 Å². The second-order valence-corrected chi connectivity index (χ2v) is 6.31. The Bertz CT molecular complexity index is 485. The van der Waals surface area contributed by atoms with E-state index in [1.807, 2.05) is 6.07 Å². The van der Waals surface area contributed by atoms with Crippen LogP contribution in [0.15, 0.2) is 18.2 Å². The van der Waals surface area contributed by atoms with Crippen molar-refractivity contribution < 1.29 is 19.4 Å². The minimum absolute atomic E-state index is 0.0356. The maximum Gasteiger partial charge on any atom is 0.160 e. The summed E-state index contributed by atoms with van der Waals surface area (Å²) in [6.07, 6.45) is 8.76. The molecule has 0 saturated heterocycles. The predicted octanol–water partition coefficient (Wildman–Crippen LogP) is 4.67. The number of aryl methyl sites for hydroxylation is 1. The molecule has 0 fully saturated rings.